The molecule has 0 spiro atoms. The topological polar surface area (TPSA) is 35.2 Å². The van der Waals surface area contributed by atoms with Crippen molar-refractivity contribution in [1.29, 1.82) is 0 Å². The van der Waals surface area contributed by atoms with E-state index in [0.29, 0.717) is 6.54 Å². The zero-order chi connectivity index (χ0) is 14.6. The second-order valence-electron chi connectivity index (χ2n) is 6.03. The van der Waals surface area contributed by atoms with E-state index in [1.165, 1.54) is 5.56 Å². The molecule has 2 aromatic rings. The van der Waals surface area contributed by atoms with Crippen LogP contribution < -0.4 is 10.5 Å². The quantitative estimate of drug-likeness (QED) is 0.899. The van der Waals surface area contributed by atoms with Gasteiger partial charge in [-0.3, -0.25) is 0 Å². The Morgan fingerprint density at radius 2 is 1.75 bits per heavy atom. The Morgan fingerprint density at radius 3 is 2.45 bits per heavy atom. The monoisotopic (exact) mass is 269 g/mol. The Balaban J connectivity index is 2.26. The van der Waals surface area contributed by atoms with E-state index in [4.69, 9.17) is 10.5 Å². The number of para-hydroxylation sites is 1. The van der Waals surface area contributed by atoms with Crippen molar-refractivity contribution in [2.24, 2.45) is 5.73 Å². The van der Waals surface area contributed by atoms with Gasteiger partial charge in [-0.15, -0.1) is 0 Å². The van der Waals surface area contributed by atoms with Gasteiger partial charge in [0.2, 0.25) is 0 Å². The summed E-state index contributed by atoms with van der Waals surface area (Å²) in [5, 5.41) is 0. The zero-order valence-corrected chi connectivity index (χ0v) is 12.5. The molecule has 0 fully saturated rings. The highest BCUT2D eigenvalue weighted by Crippen LogP contribution is 2.30. The number of ether oxygens (including phenoxy) is 1. The second kappa shape index (κ2) is 6.10. The van der Waals surface area contributed by atoms with E-state index >= 15 is 0 Å². The van der Waals surface area contributed by atoms with Crippen molar-refractivity contribution in [3.05, 3.63) is 59.7 Å². The van der Waals surface area contributed by atoms with Gasteiger partial charge in [0.15, 0.2) is 0 Å². The van der Waals surface area contributed by atoms with E-state index in [1.54, 1.807) is 0 Å². The summed E-state index contributed by atoms with van der Waals surface area (Å²) in [6, 6.07) is 16.4. The van der Waals surface area contributed by atoms with E-state index in [9.17, 15) is 0 Å². The predicted octanol–water partition coefficient (Wildman–Crippen LogP) is 4.28. The lowest BCUT2D eigenvalue weighted by atomic mass is 9.87. The fourth-order valence-electron chi connectivity index (χ4n) is 2.12. The molecule has 2 heteroatoms. The molecule has 2 aromatic carbocycles. The van der Waals surface area contributed by atoms with Crippen molar-refractivity contribution in [1.82, 2.24) is 0 Å². The third-order valence-electron chi connectivity index (χ3n) is 3.31. The summed E-state index contributed by atoms with van der Waals surface area (Å²) in [6.07, 6.45) is 0.829. The maximum absolute atomic E-state index is 6.04. The van der Waals surface area contributed by atoms with Crippen molar-refractivity contribution in [2.45, 2.75) is 32.6 Å². The van der Waals surface area contributed by atoms with Crippen molar-refractivity contribution in [3.8, 4) is 11.5 Å². The summed E-state index contributed by atoms with van der Waals surface area (Å²) >= 11 is 0. The molecule has 0 bridgehead atoms. The van der Waals surface area contributed by atoms with Gasteiger partial charge >= 0.3 is 0 Å². The van der Waals surface area contributed by atoms with E-state index < -0.39 is 0 Å². The molecular weight excluding hydrogens is 246 g/mol. The van der Waals surface area contributed by atoms with Crippen LogP contribution in [-0.2, 0) is 11.8 Å². The number of nitrogens with two attached hydrogens (primary N) is 1. The minimum absolute atomic E-state index is 0.121. The lowest BCUT2D eigenvalue weighted by molar-refractivity contribution is 0.472. The molecule has 0 aliphatic carbocycles. The smallest absolute Gasteiger partial charge is 0.130 e. The average Bonchev–Trinajstić information content (AvgIpc) is 2.41. The zero-order valence-electron chi connectivity index (χ0n) is 12.5. The highest BCUT2D eigenvalue weighted by atomic mass is 16.5. The van der Waals surface area contributed by atoms with Crippen molar-refractivity contribution >= 4 is 0 Å². The third kappa shape index (κ3) is 3.61. The number of hydrogen-bond acceptors (Lipinski definition) is 2. The summed E-state index contributed by atoms with van der Waals surface area (Å²) in [7, 11) is 0. The number of rotatable bonds is 4. The Labute approximate surface area is 121 Å². The predicted molar refractivity (Wildman–Crippen MR) is 84.4 cm³/mol. The number of hydrogen-bond donors (Lipinski definition) is 1. The SMILES string of the molecule is CC(C)(C)c1cccc(Oc2ccccc2CCN)c1. The Kier molecular flexibility index (Phi) is 4.46. The van der Waals surface area contributed by atoms with Gasteiger partial charge in [-0.2, -0.15) is 0 Å². The van der Waals surface area contributed by atoms with Crippen LogP contribution in [0.2, 0.25) is 0 Å². The van der Waals surface area contributed by atoms with Gasteiger partial charge in [0.25, 0.3) is 0 Å². The second-order valence-corrected chi connectivity index (χ2v) is 6.03. The molecule has 20 heavy (non-hydrogen) atoms. The molecule has 0 heterocycles. The minimum Gasteiger partial charge on any atom is -0.457 e. The van der Waals surface area contributed by atoms with E-state index in [0.717, 1.165) is 23.5 Å². The van der Waals surface area contributed by atoms with Crippen LogP contribution in [0.15, 0.2) is 48.5 Å². The normalized spacial score (nSPS) is 11.4. The van der Waals surface area contributed by atoms with Crippen LogP contribution in [0.3, 0.4) is 0 Å². The fourth-order valence-corrected chi connectivity index (χ4v) is 2.12. The lowest BCUT2D eigenvalue weighted by Gasteiger charge is -2.20. The molecule has 0 atom stereocenters. The largest absolute Gasteiger partial charge is 0.457 e. The Hall–Kier alpha value is -1.80. The molecule has 0 saturated carbocycles. The highest BCUT2D eigenvalue weighted by molar-refractivity contribution is 5.40. The highest BCUT2D eigenvalue weighted by Gasteiger charge is 2.14. The molecule has 0 aliphatic rings. The first kappa shape index (κ1) is 14.6. The molecule has 106 valence electrons. The van der Waals surface area contributed by atoms with E-state index in [2.05, 4.69) is 39.0 Å². The van der Waals surface area contributed by atoms with Gasteiger partial charge in [-0.25, -0.2) is 0 Å². The average molecular weight is 269 g/mol. The molecular formula is C18H23NO. The first-order chi connectivity index (χ1) is 9.50. The standard InChI is InChI=1S/C18H23NO/c1-18(2,3)15-8-6-9-16(13-15)20-17-10-5-4-7-14(17)11-12-19/h4-10,13H,11-12,19H2,1-3H3. The van der Waals surface area contributed by atoms with Gasteiger partial charge in [0, 0.05) is 0 Å². The first-order valence-corrected chi connectivity index (χ1v) is 7.07. The fraction of sp³-hybridized carbons (Fsp3) is 0.333. The van der Waals surface area contributed by atoms with Gasteiger partial charge in [-0.05, 0) is 47.7 Å². The van der Waals surface area contributed by atoms with Gasteiger partial charge in [0.05, 0.1) is 0 Å². The van der Waals surface area contributed by atoms with Crippen LogP contribution in [0.25, 0.3) is 0 Å². The summed E-state index contributed by atoms with van der Waals surface area (Å²) in [5.74, 6) is 1.77. The molecule has 0 unspecified atom stereocenters. The van der Waals surface area contributed by atoms with Crippen LogP contribution in [-0.4, -0.2) is 6.54 Å². The van der Waals surface area contributed by atoms with Crippen molar-refractivity contribution < 1.29 is 4.74 Å². The number of benzene rings is 2. The molecule has 2 N–H and O–H groups in total. The molecule has 0 amide bonds. The van der Waals surface area contributed by atoms with E-state index in [1.807, 2.05) is 30.3 Å². The summed E-state index contributed by atoms with van der Waals surface area (Å²) in [4.78, 5) is 0. The summed E-state index contributed by atoms with van der Waals surface area (Å²) in [5.41, 5.74) is 8.19. The lowest BCUT2D eigenvalue weighted by Crippen LogP contribution is -2.10. The van der Waals surface area contributed by atoms with Crippen LogP contribution in [0.4, 0.5) is 0 Å². The van der Waals surface area contributed by atoms with Crippen LogP contribution in [0.5, 0.6) is 11.5 Å². The Morgan fingerprint density at radius 1 is 1.00 bits per heavy atom. The summed E-state index contributed by atoms with van der Waals surface area (Å²) in [6.45, 7) is 7.24. The maximum Gasteiger partial charge on any atom is 0.130 e. The molecule has 2 nitrogen and oxygen atoms in total. The van der Waals surface area contributed by atoms with Crippen LogP contribution in [0, 0.1) is 0 Å². The van der Waals surface area contributed by atoms with Crippen LogP contribution in [0.1, 0.15) is 31.9 Å². The van der Waals surface area contributed by atoms with Crippen molar-refractivity contribution in [2.75, 3.05) is 6.54 Å². The third-order valence-corrected chi connectivity index (χ3v) is 3.31. The molecule has 2 rings (SSSR count). The molecule has 0 aromatic heterocycles. The minimum atomic E-state index is 0.121. The van der Waals surface area contributed by atoms with Gasteiger partial charge in [-0.1, -0.05) is 51.1 Å². The van der Waals surface area contributed by atoms with E-state index in [-0.39, 0.29) is 5.41 Å². The molecule has 0 saturated heterocycles. The summed E-state index contributed by atoms with van der Waals surface area (Å²) < 4.78 is 6.04. The van der Waals surface area contributed by atoms with Crippen molar-refractivity contribution in [3.63, 3.8) is 0 Å². The van der Waals surface area contributed by atoms with Gasteiger partial charge < -0.3 is 10.5 Å². The first-order valence-electron chi connectivity index (χ1n) is 7.07. The molecule has 0 aliphatic heterocycles. The van der Waals surface area contributed by atoms with Crippen LogP contribution >= 0.6 is 0 Å². The van der Waals surface area contributed by atoms with Gasteiger partial charge in [0.1, 0.15) is 11.5 Å². The maximum atomic E-state index is 6.04. The Bertz CT molecular complexity index is 570. The molecule has 0 radical (unpaired) electrons.